The first-order valence-electron chi connectivity index (χ1n) is 8.15. The van der Waals surface area contributed by atoms with Gasteiger partial charge in [0.2, 0.25) is 5.91 Å². The lowest BCUT2D eigenvalue weighted by atomic mass is 9.99. The molecule has 0 bridgehead atoms. The number of carbonyl (C=O) groups excluding carboxylic acids is 3. The Morgan fingerprint density at radius 2 is 1.71 bits per heavy atom. The molecular weight excluding hydrogens is 379 g/mol. The van der Waals surface area contributed by atoms with Gasteiger partial charge in [-0.25, -0.2) is 4.79 Å². The van der Waals surface area contributed by atoms with Crippen LogP contribution < -0.4 is 10.1 Å². The van der Waals surface area contributed by atoms with Gasteiger partial charge in [-0.15, -0.1) is 13.2 Å². The number of hydrogen-bond donors (Lipinski definition) is 1. The van der Waals surface area contributed by atoms with Crippen LogP contribution in [0, 0.1) is 0 Å². The Morgan fingerprint density at radius 1 is 1.07 bits per heavy atom. The number of carbonyl (C=O) groups is 3. The molecule has 6 nitrogen and oxygen atoms in total. The molecule has 0 unspecified atom stereocenters. The summed E-state index contributed by atoms with van der Waals surface area (Å²) in [5, 5.41) is 2.69. The molecule has 1 aliphatic heterocycles. The van der Waals surface area contributed by atoms with Gasteiger partial charge in [-0.05, 0) is 55.0 Å². The second kappa shape index (κ2) is 7.34. The normalized spacial score (nSPS) is 15.6. The number of amides is 1. The summed E-state index contributed by atoms with van der Waals surface area (Å²) in [6.45, 7) is 1.16. The molecule has 1 N–H and O–H groups in total. The lowest BCUT2D eigenvalue weighted by Crippen LogP contribution is -2.17. The SMILES string of the molecule is C[C@H]1C(=O)Nc2ccc(C(=O)COC(=O)c3ccc(OC(F)(F)F)cc3)cc21. The highest BCUT2D eigenvalue weighted by Gasteiger charge is 2.31. The number of benzene rings is 2. The molecule has 0 radical (unpaired) electrons. The maximum Gasteiger partial charge on any atom is 0.573 e. The van der Waals surface area contributed by atoms with Gasteiger partial charge >= 0.3 is 12.3 Å². The van der Waals surface area contributed by atoms with Gasteiger partial charge in [0.15, 0.2) is 12.4 Å². The molecule has 3 rings (SSSR count). The standard InChI is InChI=1S/C19H14F3NO5/c1-10-14-8-12(4-7-15(14)23-17(10)25)16(24)9-27-18(26)11-2-5-13(6-3-11)28-19(20,21)22/h2-8,10H,9H2,1H3,(H,23,25)/t10-/m1/s1. The maximum absolute atomic E-state index is 12.3. The molecule has 9 heteroatoms. The third-order valence-corrected chi connectivity index (χ3v) is 4.15. The monoisotopic (exact) mass is 393 g/mol. The fourth-order valence-corrected chi connectivity index (χ4v) is 2.68. The van der Waals surface area contributed by atoms with Crippen LogP contribution >= 0.6 is 0 Å². The Balaban J connectivity index is 1.60. The average molecular weight is 393 g/mol. The van der Waals surface area contributed by atoms with Gasteiger partial charge in [0, 0.05) is 11.3 Å². The van der Waals surface area contributed by atoms with Crippen molar-refractivity contribution >= 4 is 23.3 Å². The van der Waals surface area contributed by atoms with E-state index in [4.69, 9.17) is 4.74 Å². The van der Waals surface area contributed by atoms with E-state index in [0.29, 0.717) is 11.3 Å². The quantitative estimate of drug-likeness (QED) is 0.619. The minimum Gasteiger partial charge on any atom is -0.454 e. The number of ether oxygens (including phenoxy) is 2. The van der Waals surface area contributed by atoms with Crippen molar-refractivity contribution in [2.75, 3.05) is 11.9 Å². The van der Waals surface area contributed by atoms with Gasteiger partial charge < -0.3 is 14.8 Å². The first kappa shape index (κ1) is 19.4. The van der Waals surface area contributed by atoms with Crippen LogP contribution in [0.3, 0.4) is 0 Å². The highest BCUT2D eigenvalue weighted by molar-refractivity contribution is 6.05. The predicted octanol–water partition coefficient (Wildman–Crippen LogP) is 3.68. The van der Waals surface area contributed by atoms with Crippen molar-refractivity contribution < 1.29 is 37.0 Å². The molecular formula is C19H14F3NO5. The molecule has 0 saturated carbocycles. The Labute approximate surface area is 157 Å². The number of hydrogen-bond acceptors (Lipinski definition) is 5. The van der Waals surface area contributed by atoms with Crippen LogP contribution in [0.4, 0.5) is 18.9 Å². The molecule has 1 amide bonds. The lowest BCUT2D eigenvalue weighted by molar-refractivity contribution is -0.274. The molecule has 0 fully saturated rings. The van der Waals surface area contributed by atoms with Crippen LogP contribution in [0.1, 0.15) is 39.1 Å². The van der Waals surface area contributed by atoms with Crippen molar-refractivity contribution in [3.63, 3.8) is 0 Å². The molecule has 1 heterocycles. The maximum atomic E-state index is 12.3. The van der Waals surface area contributed by atoms with Gasteiger partial charge in [-0.3, -0.25) is 9.59 Å². The highest BCUT2D eigenvalue weighted by Crippen LogP contribution is 2.32. The summed E-state index contributed by atoms with van der Waals surface area (Å²) in [4.78, 5) is 35.9. The van der Waals surface area contributed by atoms with Crippen molar-refractivity contribution in [1.82, 2.24) is 0 Å². The highest BCUT2D eigenvalue weighted by atomic mass is 19.4. The molecule has 0 spiro atoms. The Hall–Kier alpha value is -3.36. The predicted molar refractivity (Wildman–Crippen MR) is 91.2 cm³/mol. The molecule has 0 aromatic heterocycles. The molecule has 2 aromatic rings. The summed E-state index contributed by atoms with van der Waals surface area (Å²) < 4.78 is 45.0. The zero-order valence-electron chi connectivity index (χ0n) is 14.5. The number of rotatable bonds is 5. The molecule has 2 aromatic carbocycles. The van der Waals surface area contributed by atoms with Crippen molar-refractivity contribution in [2.45, 2.75) is 19.2 Å². The zero-order valence-corrected chi connectivity index (χ0v) is 14.5. The topological polar surface area (TPSA) is 81.7 Å². The summed E-state index contributed by atoms with van der Waals surface area (Å²) in [5.41, 5.74) is 1.57. The smallest absolute Gasteiger partial charge is 0.454 e. The summed E-state index contributed by atoms with van der Waals surface area (Å²) in [6.07, 6.45) is -4.83. The van der Waals surface area contributed by atoms with Crippen molar-refractivity contribution in [1.29, 1.82) is 0 Å². The van der Waals surface area contributed by atoms with E-state index < -0.39 is 30.5 Å². The van der Waals surface area contributed by atoms with Gasteiger partial charge in [0.25, 0.3) is 0 Å². The van der Waals surface area contributed by atoms with Crippen LogP contribution in [0.25, 0.3) is 0 Å². The van der Waals surface area contributed by atoms with Crippen LogP contribution in [0.15, 0.2) is 42.5 Å². The van der Waals surface area contributed by atoms with E-state index in [1.165, 1.54) is 6.07 Å². The van der Waals surface area contributed by atoms with Crippen molar-refractivity contribution in [3.8, 4) is 5.75 Å². The minimum absolute atomic E-state index is 0.0281. The largest absolute Gasteiger partial charge is 0.573 e. The Kier molecular flexibility index (Phi) is 5.08. The number of Topliss-reactive ketones (excluding diaryl/α,β-unsaturated/α-hetero) is 1. The summed E-state index contributed by atoms with van der Waals surface area (Å²) in [7, 11) is 0. The molecule has 146 valence electrons. The van der Waals surface area contributed by atoms with E-state index >= 15 is 0 Å². The fourth-order valence-electron chi connectivity index (χ4n) is 2.68. The van der Waals surface area contributed by atoms with Crippen molar-refractivity contribution in [3.05, 3.63) is 59.2 Å². The number of nitrogens with one attached hydrogen (secondary N) is 1. The molecule has 0 saturated heterocycles. The molecule has 1 atom stereocenters. The van der Waals surface area contributed by atoms with E-state index in [9.17, 15) is 27.6 Å². The lowest BCUT2D eigenvalue weighted by Gasteiger charge is -2.09. The molecule has 0 aliphatic carbocycles. The van der Waals surface area contributed by atoms with Gasteiger partial charge in [-0.2, -0.15) is 0 Å². The van der Waals surface area contributed by atoms with Gasteiger partial charge in [-0.1, -0.05) is 0 Å². The van der Waals surface area contributed by atoms with E-state index in [0.717, 1.165) is 24.3 Å². The molecule has 1 aliphatic rings. The number of anilines is 1. The Morgan fingerprint density at radius 3 is 2.36 bits per heavy atom. The summed E-state index contributed by atoms with van der Waals surface area (Å²) in [6, 6.07) is 8.82. The van der Waals surface area contributed by atoms with E-state index in [1.54, 1.807) is 19.1 Å². The van der Waals surface area contributed by atoms with Crippen molar-refractivity contribution in [2.24, 2.45) is 0 Å². The third kappa shape index (κ3) is 4.30. The van der Waals surface area contributed by atoms with Crippen LogP contribution in [0.2, 0.25) is 0 Å². The number of alkyl halides is 3. The molecule has 28 heavy (non-hydrogen) atoms. The van der Waals surface area contributed by atoms with Gasteiger partial charge in [0.1, 0.15) is 5.75 Å². The van der Waals surface area contributed by atoms with Gasteiger partial charge in [0.05, 0.1) is 11.5 Å². The second-order valence-electron chi connectivity index (χ2n) is 6.08. The number of halogens is 3. The van der Waals surface area contributed by atoms with Crippen LogP contribution in [-0.2, 0) is 9.53 Å². The third-order valence-electron chi connectivity index (χ3n) is 4.15. The first-order chi connectivity index (χ1) is 13.1. The summed E-state index contributed by atoms with van der Waals surface area (Å²) in [5.74, 6) is -2.36. The second-order valence-corrected chi connectivity index (χ2v) is 6.08. The first-order valence-corrected chi connectivity index (χ1v) is 8.15. The number of ketones is 1. The summed E-state index contributed by atoms with van der Waals surface area (Å²) >= 11 is 0. The Bertz CT molecular complexity index is 938. The number of fused-ring (bicyclic) bond motifs is 1. The average Bonchev–Trinajstić information content (AvgIpc) is 2.92. The number of esters is 1. The van der Waals surface area contributed by atoms with E-state index in [2.05, 4.69) is 10.1 Å². The van der Waals surface area contributed by atoms with Crippen LogP contribution in [0.5, 0.6) is 5.75 Å². The minimum atomic E-state index is -4.83. The van der Waals surface area contributed by atoms with Crippen LogP contribution in [-0.4, -0.2) is 30.6 Å². The fraction of sp³-hybridized carbons (Fsp3) is 0.211. The zero-order chi connectivity index (χ0) is 20.5. The van der Waals surface area contributed by atoms with E-state index in [1.807, 2.05) is 0 Å². The van der Waals surface area contributed by atoms with E-state index in [-0.39, 0.29) is 23.0 Å².